The van der Waals surface area contributed by atoms with Gasteiger partial charge in [-0.25, -0.2) is 4.79 Å². The molecule has 4 saturated carbocycles. The van der Waals surface area contributed by atoms with E-state index in [9.17, 15) is 19.2 Å². The van der Waals surface area contributed by atoms with E-state index in [1.54, 1.807) is 24.3 Å². The summed E-state index contributed by atoms with van der Waals surface area (Å²) < 4.78 is 22.7. The predicted molar refractivity (Wildman–Crippen MR) is 225 cm³/mol. The minimum Gasteiger partial charge on any atom is -0.147 e. The average Bonchev–Trinajstić information content (AvgIpc) is 3.15. The molecule has 11 heteroatoms. The second-order valence-electron chi connectivity index (χ2n) is 19.6. The first-order valence-corrected chi connectivity index (χ1v) is 23.5. The smallest absolute Gasteiger partial charge is 0.147 e. The fourth-order valence-electron chi connectivity index (χ4n) is 12.5. The van der Waals surface area contributed by atoms with Gasteiger partial charge >= 0.3 is 181 Å². The molecular weight excluding hydrogens is 809 g/mol. The van der Waals surface area contributed by atoms with E-state index in [4.69, 9.17) is 24.7 Å². The van der Waals surface area contributed by atoms with Crippen molar-refractivity contribution in [2.24, 2.45) is 56.0 Å². The number of nitrogens with two attached hydrogens (primary N) is 1. The van der Waals surface area contributed by atoms with Crippen LogP contribution < -0.4 is 15.2 Å². The van der Waals surface area contributed by atoms with Gasteiger partial charge in [-0.05, 0) is 74.1 Å². The summed E-state index contributed by atoms with van der Waals surface area (Å²) in [5, 5.41) is 0.959. The molecule has 1 aromatic carbocycles. The van der Waals surface area contributed by atoms with Gasteiger partial charge in [0.25, 0.3) is 0 Å². The number of benzene rings is 1. The zero-order valence-electron chi connectivity index (χ0n) is 35.8. The van der Waals surface area contributed by atoms with Crippen LogP contribution in [0.25, 0.3) is 6.08 Å². The molecule has 0 amide bonds. The van der Waals surface area contributed by atoms with Crippen LogP contribution in [0.1, 0.15) is 118 Å². The van der Waals surface area contributed by atoms with Crippen LogP contribution in [0.2, 0.25) is 11.1 Å². The van der Waals surface area contributed by atoms with Crippen LogP contribution in [0.15, 0.2) is 35.9 Å². The van der Waals surface area contributed by atoms with Gasteiger partial charge in [0.05, 0.1) is 19.6 Å². The molecule has 1 aromatic rings. The van der Waals surface area contributed by atoms with Crippen LogP contribution in [-0.4, -0.2) is 65.0 Å². The zero-order valence-corrected chi connectivity index (χ0v) is 38.3. The van der Waals surface area contributed by atoms with E-state index in [1.807, 2.05) is 13.0 Å². The second-order valence-corrected chi connectivity index (χ2v) is 21.7. The number of ketones is 1. The van der Waals surface area contributed by atoms with E-state index >= 15 is 0 Å². The summed E-state index contributed by atoms with van der Waals surface area (Å²) in [6.45, 7) is 16.0. The van der Waals surface area contributed by atoms with Gasteiger partial charge < -0.3 is 14.2 Å². The van der Waals surface area contributed by atoms with E-state index in [-0.39, 0.29) is 81.1 Å². The Hall–Kier alpha value is -2.65. The first-order chi connectivity index (χ1) is 26.2. The fourth-order valence-corrected chi connectivity index (χ4v) is 13.5. The van der Waals surface area contributed by atoms with E-state index in [0.29, 0.717) is 51.3 Å². The van der Waals surface area contributed by atoms with Crippen LogP contribution in [0.3, 0.4) is 0 Å². The fraction of sp³-hybridized carbons (Fsp3) is 0.696. The Morgan fingerprint density at radius 3 is 2.32 bits per heavy atom. The third kappa shape index (κ3) is 7.68. The Labute approximate surface area is 352 Å². The third-order valence-corrected chi connectivity index (χ3v) is 17.6. The van der Waals surface area contributed by atoms with Crippen molar-refractivity contribution in [2.75, 3.05) is 14.2 Å². The van der Waals surface area contributed by atoms with Crippen molar-refractivity contribution in [3.8, 4) is 11.5 Å². The minimum atomic E-state index is -0.781. The molecule has 0 spiro atoms. The van der Waals surface area contributed by atoms with Crippen molar-refractivity contribution in [1.82, 2.24) is 0 Å². The summed E-state index contributed by atoms with van der Waals surface area (Å²) in [6.07, 6.45) is 13.0. The molecule has 0 bridgehead atoms. The van der Waals surface area contributed by atoms with Crippen molar-refractivity contribution in [3.05, 3.63) is 41.5 Å². The molecule has 0 heterocycles. The van der Waals surface area contributed by atoms with Gasteiger partial charge in [0.2, 0.25) is 0 Å². The Morgan fingerprint density at radius 1 is 0.947 bits per heavy atom. The molecule has 9 nitrogen and oxygen atoms in total. The van der Waals surface area contributed by atoms with Gasteiger partial charge in [-0.15, -0.1) is 12.4 Å². The SMILES string of the molecule is COC(=O)/C=C/c1ccc(OC)c(OC(=O)[C@@]2(C)CC[C@]3(C)CC[C@]4(C)C(=CC(=O)[C@@H]5[C@@]6(C)CC[C@H](OC(=O)[C@@H](N)CC[Se]C)C(C)(C)[C@@H]6CC[C@]54C)[C@H]3C2)c1.Cl. The Balaban J connectivity index is 0.00000620. The van der Waals surface area contributed by atoms with Crippen LogP contribution >= 0.6 is 12.4 Å². The molecule has 2 N–H and O–H groups in total. The van der Waals surface area contributed by atoms with E-state index in [1.165, 1.54) is 25.9 Å². The molecule has 6 rings (SSSR count). The van der Waals surface area contributed by atoms with Gasteiger partial charge in [-0.1, -0.05) is 25.5 Å². The van der Waals surface area contributed by atoms with Gasteiger partial charge in [0.15, 0.2) is 11.5 Å². The number of carbonyl (C=O) groups excluding carboxylic acids is 4. The van der Waals surface area contributed by atoms with Gasteiger partial charge in [-0.2, -0.15) is 0 Å². The molecular formula is C46H66ClNO8Se. The topological polar surface area (TPSA) is 131 Å². The summed E-state index contributed by atoms with van der Waals surface area (Å²) in [4.78, 5) is 54.1. The molecule has 4 fully saturated rings. The van der Waals surface area contributed by atoms with Crippen molar-refractivity contribution >= 4 is 57.1 Å². The summed E-state index contributed by atoms with van der Waals surface area (Å²) in [6, 6.07) is 4.62. The number of ether oxygens (including phenoxy) is 4. The summed E-state index contributed by atoms with van der Waals surface area (Å²) in [5.41, 5.74) is 6.33. The Morgan fingerprint density at radius 2 is 1.65 bits per heavy atom. The first kappa shape index (κ1) is 45.4. The standard InChI is InChI=1S/C46H65NO8Se.ClH/c1-41(2)35-15-19-46(7)38(44(35,5)18-16-36(41)55-39(50)31(47)17-24-56-10)32(48)26-29-30-27-43(4,21-20-42(30,3)22-23-45(29,46)6)40(51)54-34-25-28(11-13-33(34)52-8)12-14-37(49)53-9;/h11-14,25-26,30-31,35-36,38H,15-24,27,47H2,1-10H3;1H/b14-12+;/t30-,31+,35+,36+,38-,42-,43+,44+,45-,46-;/m1./s1. The number of rotatable bonds is 10. The van der Waals surface area contributed by atoms with Gasteiger partial charge in [-0.3, -0.25) is 4.79 Å². The molecule has 57 heavy (non-hydrogen) atoms. The third-order valence-electron chi connectivity index (χ3n) is 16.2. The maximum atomic E-state index is 15.0. The molecule has 0 unspecified atom stereocenters. The first-order valence-electron chi connectivity index (χ1n) is 20.6. The maximum absolute atomic E-state index is 15.0. The van der Waals surface area contributed by atoms with Crippen LogP contribution in [-0.2, 0) is 28.7 Å². The van der Waals surface area contributed by atoms with Crippen molar-refractivity contribution in [1.29, 1.82) is 0 Å². The second kappa shape index (κ2) is 16.4. The average molecular weight is 875 g/mol. The Kier molecular flexibility index (Phi) is 13.1. The molecule has 316 valence electrons. The van der Waals surface area contributed by atoms with Crippen LogP contribution in [0, 0.1) is 50.2 Å². The van der Waals surface area contributed by atoms with Crippen LogP contribution in [0.5, 0.6) is 11.5 Å². The molecule has 0 saturated heterocycles. The van der Waals surface area contributed by atoms with Crippen molar-refractivity contribution in [2.45, 2.75) is 136 Å². The zero-order chi connectivity index (χ0) is 41.1. The molecule has 0 radical (unpaired) electrons. The number of halogens is 1. The molecule has 5 aliphatic rings. The van der Waals surface area contributed by atoms with Gasteiger partial charge in [0, 0.05) is 6.08 Å². The van der Waals surface area contributed by atoms with E-state index in [0.717, 1.165) is 50.3 Å². The quantitative estimate of drug-likeness (QED) is 0.106. The number of esters is 3. The minimum absolute atomic E-state index is 0. The summed E-state index contributed by atoms with van der Waals surface area (Å²) in [5.74, 6) is 2.14. The number of carbonyl (C=O) groups is 4. The van der Waals surface area contributed by atoms with Crippen molar-refractivity contribution < 1.29 is 38.1 Å². The molecule has 5 aliphatic carbocycles. The van der Waals surface area contributed by atoms with Crippen LogP contribution in [0.4, 0.5) is 0 Å². The van der Waals surface area contributed by atoms with Crippen molar-refractivity contribution in [3.63, 3.8) is 0 Å². The number of methoxy groups -OCH3 is 2. The Bertz CT molecular complexity index is 1810. The van der Waals surface area contributed by atoms with Gasteiger partial charge in [0.1, 0.15) is 0 Å². The number of hydrogen-bond acceptors (Lipinski definition) is 9. The molecule has 0 aromatic heterocycles. The van der Waals surface area contributed by atoms with E-state index < -0.39 is 17.4 Å². The number of fused-ring (bicyclic) bond motifs is 7. The molecule has 10 atom stereocenters. The monoisotopic (exact) mass is 875 g/mol. The molecule has 0 aliphatic heterocycles. The number of allylic oxidation sites excluding steroid dienone is 2. The predicted octanol–water partition coefficient (Wildman–Crippen LogP) is 8.99. The normalized spacial score (nSPS) is 37.2. The summed E-state index contributed by atoms with van der Waals surface area (Å²) >= 11 is 0.463. The summed E-state index contributed by atoms with van der Waals surface area (Å²) in [7, 11) is 2.86. The van der Waals surface area contributed by atoms with E-state index in [2.05, 4.69) is 47.4 Å². The number of hydrogen-bond donors (Lipinski definition) is 1.